The Hall–Kier alpha value is -2.43. The number of aromatic nitrogens is 2. The van der Waals surface area contributed by atoms with Gasteiger partial charge in [-0.3, -0.25) is 0 Å². The number of amides is 2. The lowest BCUT2D eigenvalue weighted by Gasteiger charge is -2.31. The van der Waals surface area contributed by atoms with E-state index in [4.69, 9.17) is 14.6 Å². The smallest absolute Gasteiger partial charge is 0.354 e. The van der Waals surface area contributed by atoms with Gasteiger partial charge in [0, 0.05) is 12.8 Å². The number of carbonyl (C=O) groups excluding carboxylic acids is 1. The summed E-state index contributed by atoms with van der Waals surface area (Å²) in [5, 5.41) is 13.0. The normalized spacial score (nSPS) is 22.9. The Morgan fingerprint density at radius 1 is 1.47 bits per heavy atom. The standard InChI is InChI=1S/C20H25N5O4S/c1-11-6-13-7-12-4-3-5-15(12)18(17(11)13)23-20(26)24-30(21,27)16-8-22-25-9-14(10-28-2)29-19(16)25/h7-8,11,14H,3-6,9-10H2,1-2H3,(H3,21,23,24,26,27)/t11-,14-,30-/m1/s1. The molecule has 0 saturated heterocycles. The van der Waals surface area contributed by atoms with Crippen LogP contribution in [0.1, 0.15) is 41.5 Å². The predicted molar refractivity (Wildman–Crippen MR) is 111 cm³/mol. The van der Waals surface area contributed by atoms with Crippen molar-refractivity contribution in [1.29, 1.82) is 0 Å². The van der Waals surface area contributed by atoms with Crippen LogP contribution in [0, 0.1) is 0 Å². The van der Waals surface area contributed by atoms with Crippen molar-refractivity contribution in [2.75, 3.05) is 19.0 Å². The number of aryl methyl sites for hydroxylation is 1. The largest absolute Gasteiger partial charge is 0.469 e. The first-order valence-electron chi connectivity index (χ1n) is 10.1. The van der Waals surface area contributed by atoms with Gasteiger partial charge in [0.2, 0.25) is 5.88 Å². The van der Waals surface area contributed by atoms with Gasteiger partial charge < -0.3 is 14.8 Å². The first-order valence-corrected chi connectivity index (χ1v) is 11.7. The summed E-state index contributed by atoms with van der Waals surface area (Å²) < 4.78 is 29.4. The number of nitrogens with one attached hydrogen (secondary N) is 1. The molecule has 0 fully saturated rings. The van der Waals surface area contributed by atoms with Crippen LogP contribution in [-0.2, 0) is 40.5 Å². The van der Waals surface area contributed by atoms with Crippen molar-refractivity contribution in [2.24, 2.45) is 9.50 Å². The van der Waals surface area contributed by atoms with Crippen LogP contribution in [0.25, 0.3) is 0 Å². The monoisotopic (exact) mass is 431 g/mol. The minimum atomic E-state index is -3.52. The van der Waals surface area contributed by atoms with Gasteiger partial charge in [0.05, 0.1) is 19.3 Å². The average Bonchev–Trinajstić information content (AvgIpc) is 3.35. The second kappa shape index (κ2) is 7.07. The number of fused-ring (bicyclic) bond motifs is 3. The molecule has 2 aromatic rings. The summed E-state index contributed by atoms with van der Waals surface area (Å²) in [4.78, 5) is 12.9. The summed E-state index contributed by atoms with van der Waals surface area (Å²) in [7, 11) is -1.94. The van der Waals surface area contributed by atoms with E-state index in [1.54, 1.807) is 11.8 Å². The molecule has 9 nitrogen and oxygen atoms in total. The van der Waals surface area contributed by atoms with Gasteiger partial charge in [0.1, 0.15) is 11.0 Å². The van der Waals surface area contributed by atoms with Gasteiger partial charge in [-0.25, -0.2) is 18.8 Å². The molecule has 2 aliphatic carbocycles. The van der Waals surface area contributed by atoms with Crippen LogP contribution in [0.2, 0.25) is 0 Å². The number of methoxy groups -OCH3 is 1. The number of hydrogen-bond acceptors (Lipinski definition) is 5. The van der Waals surface area contributed by atoms with E-state index in [1.165, 1.54) is 28.5 Å². The molecule has 2 amide bonds. The molecule has 10 heteroatoms. The van der Waals surface area contributed by atoms with E-state index >= 15 is 0 Å². The maximum Gasteiger partial charge on any atom is 0.354 e. The quantitative estimate of drug-likeness (QED) is 0.770. The van der Waals surface area contributed by atoms with Gasteiger partial charge >= 0.3 is 6.03 Å². The Labute approximate surface area is 175 Å². The molecule has 2 heterocycles. The molecule has 0 saturated carbocycles. The van der Waals surface area contributed by atoms with Gasteiger partial charge in [-0.15, -0.1) is 4.36 Å². The molecule has 0 bridgehead atoms. The first kappa shape index (κ1) is 19.5. The third kappa shape index (κ3) is 3.10. The Kier molecular flexibility index (Phi) is 4.60. The lowest BCUT2D eigenvalue weighted by molar-refractivity contribution is 0.0920. The van der Waals surface area contributed by atoms with Gasteiger partial charge in [-0.1, -0.05) is 13.0 Å². The van der Waals surface area contributed by atoms with E-state index in [1.807, 2.05) is 0 Å². The fraction of sp³-hybridized carbons (Fsp3) is 0.500. The molecule has 1 aromatic carbocycles. The average molecular weight is 432 g/mol. The van der Waals surface area contributed by atoms with Crippen molar-refractivity contribution in [3.63, 3.8) is 0 Å². The van der Waals surface area contributed by atoms with Crippen LogP contribution >= 0.6 is 0 Å². The van der Waals surface area contributed by atoms with Crippen molar-refractivity contribution >= 4 is 21.6 Å². The van der Waals surface area contributed by atoms with Crippen LogP contribution in [0.4, 0.5) is 10.5 Å². The summed E-state index contributed by atoms with van der Waals surface area (Å²) in [6, 6.07) is 1.55. The van der Waals surface area contributed by atoms with Crippen LogP contribution in [0.5, 0.6) is 5.88 Å². The van der Waals surface area contributed by atoms with Crippen molar-refractivity contribution in [3.8, 4) is 5.88 Å². The molecule has 1 aromatic heterocycles. The minimum Gasteiger partial charge on any atom is -0.469 e. The van der Waals surface area contributed by atoms with E-state index in [2.05, 4.69) is 27.8 Å². The molecule has 30 heavy (non-hydrogen) atoms. The third-order valence-corrected chi connectivity index (χ3v) is 7.42. The number of hydrogen-bond donors (Lipinski definition) is 2. The zero-order valence-electron chi connectivity index (χ0n) is 17.0. The number of urea groups is 1. The highest BCUT2D eigenvalue weighted by Gasteiger charge is 2.33. The molecule has 0 radical (unpaired) electrons. The van der Waals surface area contributed by atoms with E-state index in [0.29, 0.717) is 19.1 Å². The summed E-state index contributed by atoms with van der Waals surface area (Å²) >= 11 is 0. The van der Waals surface area contributed by atoms with Crippen LogP contribution < -0.4 is 15.2 Å². The molecule has 3 atom stereocenters. The minimum absolute atomic E-state index is 0.121. The second-order valence-electron chi connectivity index (χ2n) is 8.20. The second-order valence-corrected chi connectivity index (χ2v) is 9.96. The molecular weight excluding hydrogens is 406 g/mol. The number of rotatable bonds is 4. The van der Waals surface area contributed by atoms with Crippen molar-refractivity contribution in [3.05, 3.63) is 34.5 Å². The molecule has 160 valence electrons. The lowest BCUT2D eigenvalue weighted by Crippen LogP contribution is -2.23. The molecule has 5 rings (SSSR count). The van der Waals surface area contributed by atoms with Gasteiger partial charge in [0.15, 0.2) is 9.92 Å². The highest BCUT2D eigenvalue weighted by atomic mass is 32.2. The molecule has 3 N–H and O–H groups in total. The number of nitrogens with two attached hydrogens (primary N) is 1. The third-order valence-electron chi connectivity index (χ3n) is 6.08. The number of benzene rings is 1. The zero-order valence-corrected chi connectivity index (χ0v) is 17.8. The molecule has 0 unspecified atom stereocenters. The maximum absolute atomic E-state index is 13.1. The van der Waals surface area contributed by atoms with Crippen molar-refractivity contribution in [2.45, 2.75) is 56.1 Å². The summed E-state index contributed by atoms with van der Waals surface area (Å²) in [5.74, 6) is 0.660. The fourth-order valence-electron chi connectivity index (χ4n) is 4.77. The molecule has 3 aliphatic rings. The summed E-state index contributed by atoms with van der Waals surface area (Å²) in [6.45, 7) is 2.98. The van der Waals surface area contributed by atoms with Crippen molar-refractivity contribution in [1.82, 2.24) is 9.78 Å². The Morgan fingerprint density at radius 3 is 3.07 bits per heavy atom. The van der Waals surface area contributed by atoms with E-state index in [0.717, 1.165) is 31.4 Å². The van der Waals surface area contributed by atoms with E-state index in [-0.39, 0.29) is 16.9 Å². The van der Waals surface area contributed by atoms with Gasteiger partial charge in [-0.2, -0.15) is 5.10 Å². The number of anilines is 1. The molecular formula is C20H25N5O4S. The zero-order chi connectivity index (χ0) is 21.0. The summed E-state index contributed by atoms with van der Waals surface area (Å²) in [6.07, 6.45) is 5.14. The lowest BCUT2D eigenvalue weighted by atomic mass is 9.75. The first-order chi connectivity index (χ1) is 14.4. The summed E-state index contributed by atoms with van der Waals surface area (Å²) in [5.41, 5.74) is 5.74. The highest BCUT2D eigenvalue weighted by Crippen LogP contribution is 2.45. The Morgan fingerprint density at radius 2 is 2.30 bits per heavy atom. The predicted octanol–water partition coefficient (Wildman–Crippen LogP) is 2.37. The highest BCUT2D eigenvalue weighted by molar-refractivity contribution is 7.91. The molecule has 1 aliphatic heterocycles. The van der Waals surface area contributed by atoms with E-state index < -0.39 is 15.9 Å². The number of carbonyl (C=O) groups is 1. The van der Waals surface area contributed by atoms with Gasteiger partial charge in [0.25, 0.3) is 0 Å². The Balaban J connectivity index is 1.44. The number of nitrogens with zero attached hydrogens (tertiary/aromatic N) is 3. The van der Waals surface area contributed by atoms with Crippen LogP contribution in [-0.4, -0.2) is 39.8 Å². The molecule has 0 spiro atoms. The Bertz CT molecular complexity index is 1160. The topological polar surface area (TPSA) is 121 Å². The maximum atomic E-state index is 13.1. The van der Waals surface area contributed by atoms with E-state index in [9.17, 15) is 9.00 Å². The van der Waals surface area contributed by atoms with Crippen LogP contribution in [0.3, 0.4) is 0 Å². The SMILES string of the molecule is COC[C@H]1Cn2ncc([S@](N)(=O)=NC(=O)Nc3c4c(cc5c3[C@H](C)C5)CCC4)c2O1. The fourth-order valence-corrected chi connectivity index (χ4v) is 5.76. The van der Waals surface area contributed by atoms with Gasteiger partial charge in [-0.05, 0) is 53.9 Å². The van der Waals surface area contributed by atoms with Crippen LogP contribution in [0.15, 0.2) is 21.5 Å². The van der Waals surface area contributed by atoms with Crippen molar-refractivity contribution < 1.29 is 18.5 Å². The number of ether oxygens (including phenoxy) is 2.